The maximum atomic E-state index is 0. The van der Waals surface area contributed by atoms with Crippen molar-refractivity contribution in [2.75, 3.05) is 0 Å². The monoisotopic (exact) mass is 338 g/mol. The summed E-state index contributed by atoms with van der Waals surface area (Å²) in [7, 11) is 0. The molecular formula is H2Cl4HfO. The van der Waals surface area contributed by atoms with Crippen molar-refractivity contribution >= 4 is 0 Å². The van der Waals surface area contributed by atoms with E-state index in [1.54, 1.807) is 0 Å². The minimum atomic E-state index is 0. The molecule has 0 atom stereocenters. The molecular weight excluding hydrogens is 336 g/mol. The van der Waals surface area contributed by atoms with Crippen molar-refractivity contribution in [2.24, 2.45) is 0 Å². The average Bonchev–Trinajstić information content (AvgIpc) is 0. The predicted octanol–water partition coefficient (Wildman–Crippen LogP) is -12.8. The molecule has 40 valence electrons. The number of rotatable bonds is 0. The van der Waals surface area contributed by atoms with Gasteiger partial charge in [0.05, 0.1) is 0 Å². The fraction of sp³-hybridized carbons (Fsp3) is 0. The molecule has 6 heavy (non-hydrogen) atoms. The van der Waals surface area contributed by atoms with Gasteiger partial charge < -0.3 is 55.1 Å². The summed E-state index contributed by atoms with van der Waals surface area (Å²) >= 11 is 0. The molecule has 0 heterocycles. The second-order valence-electron chi connectivity index (χ2n) is 0. The smallest absolute Gasteiger partial charge is 1.00 e. The summed E-state index contributed by atoms with van der Waals surface area (Å²) in [6.45, 7) is 0. The van der Waals surface area contributed by atoms with Crippen LogP contribution in [0.25, 0.3) is 0 Å². The van der Waals surface area contributed by atoms with Gasteiger partial charge in [0.25, 0.3) is 0 Å². The van der Waals surface area contributed by atoms with E-state index in [4.69, 9.17) is 0 Å². The first-order valence-electron chi connectivity index (χ1n) is 0. The zero-order valence-electron chi connectivity index (χ0n) is 2.51. The molecule has 0 saturated heterocycles. The van der Waals surface area contributed by atoms with Crippen LogP contribution < -0.4 is 49.6 Å². The Balaban J connectivity index is 0. The Bertz CT molecular complexity index is 7.51. The summed E-state index contributed by atoms with van der Waals surface area (Å²) in [4.78, 5) is 0. The van der Waals surface area contributed by atoms with Crippen molar-refractivity contribution in [2.45, 2.75) is 0 Å². The minimum absolute atomic E-state index is 0. The Morgan fingerprint density at radius 1 is 0.500 bits per heavy atom. The summed E-state index contributed by atoms with van der Waals surface area (Å²) in [6.07, 6.45) is 0. The Hall–Kier alpha value is 1.99. The topological polar surface area (TPSA) is 31.5 Å². The molecule has 0 radical (unpaired) electrons. The van der Waals surface area contributed by atoms with E-state index in [2.05, 4.69) is 0 Å². The van der Waals surface area contributed by atoms with Crippen LogP contribution in [-0.4, -0.2) is 5.48 Å². The van der Waals surface area contributed by atoms with E-state index in [0.29, 0.717) is 0 Å². The van der Waals surface area contributed by atoms with Crippen molar-refractivity contribution in [1.29, 1.82) is 0 Å². The van der Waals surface area contributed by atoms with Crippen molar-refractivity contribution in [1.82, 2.24) is 0 Å². The van der Waals surface area contributed by atoms with Gasteiger partial charge in [0.15, 0.2) is 0 Å². The molecule has 0 aromatic rings. The SMILES string of the molecule is O.[Cl-].[Cl-].[Cl-].[Cl-].[Hf+4]. The van der Waals surface area contributed by atoms with Gasteiger partial charge in [0.1, 0.15) is 0 Å². The van der Waals surface area contributed by atoms with Gasteiger partial charge in [0.2, 0.25) is 0 Å². The fourth-order valence-electron chi connectivity index (χ4n) is 0. The van der Waals surface area contributed by atoms with Gasteiger partial charge in [-0.15, -0.1) is 0 Å². The van der Waals surface area contributed by atoms with Gasteiger partial charge in [0, 0.05) is 0 Å². The van der Waals surface area contributed by atoms with E-state index in [1.165, 1.54) is 0 Å². The van der Waals surface area contributed by atoms with E-state index in [-0.39, 0.29) is 80.9 Å². The van der Waals surface area contributed by atoms with Crippen LogP contribution in [0, 0.1) is 0 Å². The standard InChI is InChI=1S/4ClH.Hf.H2O/h4*1H;;1H2/q;;;;+4;/p-4. The van der Waals surface area contributed by atoms with Crippen molar-refractivity contribution in [3.63, 3.8) is 0 Å². The molecule has 0 aliphatic rings. The van der Waals surface area contributed by atoms with E-state index < -0.39 is 0 Å². The molecule has 1 nitrogen and oxygen atoms in total. The minimum Gasteiger partial charge on any atom is -1.00 e. The molecule has 2 N–H and O–H groups in total. The molecule has 0 aromatic heterocycles. The normalized spacial score (nSPS) is 0. The molecule has 0 aromatic carbocycles. The summed E-state index contributed by atoms with van der Waals surface area (Å²) in [5.41, 5.74) is 0. The largest absolute Gasteiger partial charge is 4.00 e. The number of halogens is 4. The third-order valence-electron chi connectivity index (χ3n) is 0. The van der Waals surface area contributed by atoms with Crippen LogP contribution >= 0.6 is 0 Å². The molecule has 0 saturated carbocycles. The first-order valence-corrected chi connectivity index (χ1v) is 0. The van der Waals surface area contributed by atoms with Gasteiger partial charge >= 0.3 is 25.8 Å². The Morgan fingerprint density at radius 2 is 0.500 bits per heavy atom. The van der Waals surface area contributed by atoms with Crippen LogP contribution in [-0.2, 0) is 25.8 Å². The third kappa shape index (κ3) is 37.7. The van der Waals surface area contributed by atoms with Gasteiger partial charge in [-0.2, -0.15) is 0 Å². The van der Waals surface area contributed by atoms with E-state index >= 15 is 0 Å². The second-order valence-corrected chi connectivity index (χ2v) is 0. The van der Waals surface area contributed by atoms with Crippen LogP contribution in [0.5, 0.6) is 0 Å². The van der Waals surface area contributed by atoms with Crippen LogP contribution in [0.1, 0.15) is 0 Å². The Kier molecular flexibility index (Phi) is 1040. The molecule has 0 aliphatic heterocycles. The first kappa shape index (κ1) is 98.6. The second kappa shape index (κ2) is 63.3. The molecule has 0 bridgehead atoms. The Labute approximate surface area is 80.4 Å². The van der Waals surface area contributed by atoms with Crippen LogP contribution in [0.2, 0.25) is 0 Å². The quantitative estimate of drug-likeness (QED) is 0.393. The maximum absolute atomic E-state index is 0. The van der Waals surface area contributed by atoms with Crippen molar-refractivity contribution in [3.8, 4) is 0 Å². The number of hydrogen-bond acceptors (Lipinski definition) is 0. The summed E-state index contributed by atoms with van der Waals surface area (Å²) < 4.78 is 0. The zero-order valence-corrected chi connectivity index (χ0v) is 9.13. The number of hydrogen-bond donors (Lipinski definition) is 0. The molecule has 0 spiro atoms. The zero-order chi connectivity index (χ0) is 0. The third-order valence-corrected chi connectivity index (χ3v) is 0. The molecule has 0 amide bonds. The van der Waals surface area contributed by atoms with E-state index in [9.17, 15) is 0 Å². The van der Waals surface area contributed by atoms with Gasteiger partial charge in [-0.05, 0) is 0 Å². The molecule has 6 heteroatoms. The van der Waals surface area contributed by atoms with Crippen LogP contribution in [0.15, 0.2) is 0 Å². The molecule has 0 fully saturated rings. The van der Waals surface area contributed by atoms with Crippen molar-refractivity contribution < 1.29 is 80.9 Å². The Morgan fingerprint density at radius 3 is 0.500 bits per heavy atom. The summed E-state index contributed by atoms with van der Waals surface area (Å²) in [5, 5.41) is 0. The van der Waals surface area contributed by atoms with Gasteiger partial charge in [-0.25, -0.2) is 0 Å². The van der Waals surface area contributed by atoms with Gasteiger partial charge in [-0.1, -0.05) is 0 Å². The molecule has 0 rings (SSSR count). The van der Waals surface area contributed by atoms with Crippen LogP contribution in [0.3, 0.4) is 0 Å². The van der Waals surface area contributed by atoms with Gasteiger partial charge in [-0.3, -0.25) is 0 Å². The molecule has 0 aliphatic carbocycles. The maximum Gasteiger partial charge on any atom is 4.00 e. The van der Waals surface area contributed by atoms with E-state index in [1.807, 2.05) is 0 Å². The average molecular weight is 338 g/mol. The van der Waals surface area contributed by atoms with E-state index in [0.717, 1.165) is 0 Å². The predicted molar refractivity (Wildman–Crippen MR) is 3.61 cm³/mol. The summed E-state index contributed by atoms with van der Waals surface area (Å²) in [5.74, 6) is 0. The first-order chi connectivity index (χ1) is 0. The van der Waals surface area contributed by atoms with Crippen molar-refractivity contribution in [3.05, 3.63) is 0 Å². The fourth-order valence-corrected chi connectivity index (χ4v) is 0. The van der Waals surface area contributed by atoms with Crippen LogP contribution in [0.4, 0.5) is 0 Å². The summed E-state index contributed by atoms with van der Waals surface area (Å²) in [6, 6.07) is 0. The molecule has 0 unspecified atom stereocenters.